The number of nitrogens with one attached hydrogen (secondary N) is 1. The summed E-state index contributed by atoms with van der Waals surface area (Å²) in [6.45, 7) is 1.83. The van der Waals surface area contributed by atoms with E-state index in [4.69, 9.17) is 30.5 Å². The largest absolute Gasteiger partial charge is 0.493 e. The van der Waals surface area contributed by atoms with Crippen molar-refractivity contribution in [2.24, 2.45) is 0 Å². The van der Waals surface area contributed by atoms with Crippen molar-refractivity contribution in [3.63, 3.8) is 0 Å². The van der Waals surface area contributed by atoms with E-state index in [0.29, 0.717) is 36.2 Å². The van der Waals surface area contributed by atoms with Gasteiger partial charge in [-0.3, -0.25) is 0 Å². The zero-order valence-corrected chi connectivity index (χ0v) is 14.4. The molecule has 1 heterocycles. The van der Waals surface area contributed by atoms with Crippen molar-refractivity contribution in [1.82, 2.24) is 5.32 Å². The van der Waals surface area contributed by atoms with Crippen LogP contribution < -0.4 is 24.3 Å². The molecule has 0 spiro atoms. The van der Waals surface area contributed by atoms with Gasteiger partial charge in [0.05, 0.1) is 19.2 Å². The standard InChI is InChI=1S/C18H20ClNO4/c1-21-17-8-12(7-14(19)18(17)22-2)9-20-10-13-11-23-15-5-3-4-6-16(15)24-13/h3-8,13,20H,9-11H2,1-2H3/t13-/m0/s1. The van der Waals surface area contributed by atoms with Crippen molar-refractivity contribution in [3.8, 4) is 23.0 Å². The minimum Gasteiger partial charge on any atom is -0.493 e. The minimum atomic E-state index is -0.0319. The first-order chi connectivity index (χ1) is 11.7. The molecule has 0 unspecified atom stereocenters. The van der Waals surface area contributed by atoms with Crippen LogP contribution in [0.15, 0.2) is 36.4 Å². The van der Waals surface area contributed by atoms with E-state index in [0.717, 1.165) is 17.1 Å². The maximum absolute atomic E-state index is 6.22. The summed E-state index contributed by atoms with van der Waals surface area (Å²) in [6, 6.07) is 11.5. The Kier molecular flexibility index (Phi) is 5.33. The lowest BCUT2D eigenvalue weighted by Gasteiger charge is -2.26. The van der Waals surface area contributed by atoms with Gasteiger partial charge in [-0.15, -0.1) is 0 Å². The highest BCUT2D eigenvalue weighted by Crippen LogP contribution is 2.36. The van der Waals surface area contributed by atoms with Gasteiger partial charge in [-0.25, -0.2) is 0 Å². The van der Waals surface area contributed by atoms with Gasteiger partial charge in [0.25, 0.3) is 0 Å². The third kappa shape index (κ3) is 3.68. The smallest absolute Gasteiger partial charge is 0.179 e. The number of para-hydroxylation sites is 2. The van der Waals surface area contributed by atoms with Crippen LogP contribution in [0.2, 0.25) is 5.02 Å². The Balaban J connectivity index is 1.57. The summed E-state index contributed by atoms with van der Waals surface area (Å²) in [6.07, 6.45) is -0.0319. The third-order valence-corrected chi connectivity index (χ3v) is 4.04. The summed E-state index contributed by atoms with van der Waals surface area (Å²) < 4.78 is 22.2. The van der Waals surface area contributed by atoms with Crippen LogP contribution in [-0.4, -0.2) is 33.5 Å². The van der Waals surface area contributed by atoms with E-state index in [2.05, 4.69) is 5.32 Å². The van der Waals surface area contributed by atoms with Crippen molar-refractivity contribution in [1.29, 1.82) is 0 Å². The van der Waals surface area contributed by atoms with Crippen molar-refractivity contribution in [2.45, 2.75) is 12.6 Å². The fourth-order valence-corrected chi connectivity index (χ4v) is 2.92. The van der Waals surface area contributed by atoms with Gasteiger partial charge in [0.15, 0.2) is 23.0 Å². The topological polar surface area (TPSA) is 49.0 Å². The van der Waals surface area contributed by atoms with Crippen LogP contribution in [-0.2, 0) is 6.54 Å². The maximum atomic E-state index is 6.22. The summed E-state index contributed by atoms with van der Waals surface area (Å²) in [4.78, 5) is 0. The van der Waals surface area contributed by atoms with Gasteiger partial charge in [-0.05, 0) is 29.8 Å². The molecule has 0 aliphatic carbocycles. The molecule has 2 aromatic rings. The molecular weight excluding hydrogens is 330 g/mol. The second-order valence-corrected chi connectivity index (χ2v) is 5.85. The second-order valence-electron chi connectivity index (χ2n) is 5.44. The Morgan fingerprint density at radius 1 is 1.17 bits per heavy atom. The molecule has 1 aliphatic heterocycles. The maximum Gasteiger partial charge on any atom is 0.179 e. The number of rotatable bonds is 6. The molecular formula is C18H20ClNO4. The Morgan fingerprint density at radius 3 is 2.71 bits per heavy atom. The molecule has 3 rings (SSSR count). The molecule has 6 heteroatoms. The quantitative estimate of drug-likeness (QED) is 0.867. The van der Waals surface area contributed by atoms with Gasteiger partial charge >= 0.3 is 0 Å². The number of benzene rings is 2. The van der Waals surface area contributed by atoms with Gasteiger partial charge in [0, 0.05) is 13.1 Å². The Hall–Kier alpha value is -2.11. The summed E-state index contributed by atoms with van der Waals surface area (Å²) >= 11 is 6.22. The molecule has 0 saturated carbocycles. The fraction of sp³-hybridized carbons (Fsp3) is 0.333. The number of methoxy groups -OCH3 is 2. The van der Waals surface area contributed by atoms with E-state index in [1.54, 1.807) is 14.2 Å². The average Bonchev–Trinajstić information content (AvgIpc) is 2.61. The van der Waals surface area contributed by atoms with Crippen LogP contribution in [0.4, 0.5) is 0 Å². The van der Waals surface area contributed by atoms with E-state index in [9.17, 15) is 0 Å². The Labute approximate surface area is 146 Å². The molecule has 1 atom stereocenters. The summed E-state index contributed by atoms with van der Waals surface area (Å²) in [5.74, 6) is 2.74. The minimum absolute atomic E-state index is 0.0319. The van der Waals surface area contributed by atoms with E-state index >= 15 is 0 Å². The predicted molar refractivity (Wildman–Crippen MR) is 92.6 cm³/mol. The first-order valence-corrected chi connectivity index (χ1v) is 8.08. The van der Waals surface area contributed by atoms with Gasteiger partial charge in [-0.2, -0.15) is 0 Å². The second kappa shape index (κ2) is 7.64. The highest BCUT2D eigenvalue weighted by atomic mass is 35.5. The average molecular weight is 350 g/mol. The van der Waals surface area contributed by atoms with Gasteiger partial charge in [-0.1, -0.05) is 23.7 Å². The highest BCUT2D eigenvalue weighted by Gasteiger charge is 2.20. The van der Waals surface area contributed by atoms with E-state index in [1.165, 1.54) is 0 Å². The lowest BCUT2D eigenvalue weighted by molar-refractivity contribution is 0.0902. The first-order valence-electron chi connectivity index (χ1n) is 7.71. The van der Waals surface area contributed by atoms with Crippen molar-refractivity contribution in [2.75, 3.05) is 27.4 Å². The molecule has 128 valence electrons. The van der Waals surface area contributed by atoms with E-state index < -0.39 is 0 Å². The summed E-state index contributed by atoms with van der Waals surface area (Å²) in [5.41, 5.74) is 1.01. The highest BCUT2D eigenvalue weighted by molar-refractivity contribution is 6.32. The van der Waals surface area contributed by atoms with Crippen LogP contribution in [0.1, 0.15) is 5.56 Å². The van der Waals surface area contributed by atoms with Gasteiger partial charge < -0.3 is 24.3 Å². The molecule has 0 bridgehead atoms. The Morgan fingerprint density at radius 2 is 1.96 bits per heavy atom. The number of halogens is 1. The van der Waals surface area contributed by atoms with Crippen molar-refractivity contribution >= 4 is 11.6 Å². The summed E-state index contributed by atoms with van der Waals surface area (Å²) in [5, 5.41) is 3.89. The van der Waals surface area contributed by atoms with Crippen LogP contribution >= 0.6 is 11.6 Å². The number of hydrogen-bond donors (Lipinski definition) is 1. The normalized spacial score (nSPS) is 15.9. The van der Waals surface area contributed by atoms with Crippen LogP contribution in [0.5, 0.6) is 23.0 Å². The number of ether oxygens (including phenoxy) is 4. The third-order valence-electron chi connectivity index (χ3n) is 3.76. The van der Waals surface area contributed by atoms with E-state index in [1.807, 2.05) is 36.4 Å². The number of fused-ring (bicyclic) bond motifs is 1. The summed E-state index contributed by atoms with van der Waals surface area (Å²) in [7, 11) is 3.16. The molecule has 0 fully saturated rings. The molecule has 24 heavy (non-hydrogen) atoms. The SMILES string of the molecule is COc1cc(CNC[C@H]2COc3ccccc3O2)cc(Cl)c1OC. The van der Waals surface area contributed by atoms with E-state index in [-0.39, 0.29) is 6.10 Å². The van der Waals surface area contributed by atoms with Crippen LogP contribution in [0, 0.1) is 0 Å². The molecule has 1 N–H and O–H groups in total. The van der Waals surface area contributed by atoms with Crippen molar-refractivity contribution < 1.29 is 18.9 Å². The predicted octanol–water partition coefficient (Wildman–Crippen LogP) is 3.29. The molecule has 1 aliphatic rings. The van der Waals surface area contributed by atoms with Crippen LogP contribution in [0.25, 0.3) is 0 Å². The molecule has 2 aromatic carbocycles. The first kappa shape index (κ1) is 16.7. The molecule has 5 nitrogen and oxygen atoms in total. The zero-order chi connectivity index (χ0) is 16.9. The van der Waals surface area contributed by atoms with Gasteiger partial charge in [0.1, 0.15) is 12.7 Å². The zero-order valence-electron chi connectivity index (χ0n) is 13.7. The monoisotopic (exact) mass is 349 g/mol. The van der Waals surface area contributed by atoms with Gasteiger partial charge in [0.2, 0.25) is 0 Å². The van der Waals surface area contributed by atoms with Crippen molar-refractivity contribution in [3.05, 3.63) is 47.0 Å². The Bertz CT molecular complexity index is 707. The molecule has 0 radical (unpaired) electrons. The molecule has 0 saturated heterocycles. The lowest BCUT2D eigenvalue weighted by atomic mass is 10.2. The number of hydrogen-bond acceptors (Lipinski definition) is 5. The molecule has 0 amide bonds. The van der Waals surface area contributed by atoms with Crippen LogP contribution in [0.3, 0.4) is 0 Å². The lowest BCUT2D eigenvalue weighted by Crippen LogP contribution is -2.38. The fourth-order valence-electron chi connectivity index (χ4n) is 2.61. The molecule has 0 aromatic heterocycles.